The lowest BCUT2D eigenvalue weighted by molar-refractivity contribution is 0.0943. The highest BCUT2D eigenvalue weighted by molar-refractivity contribution is 7.10. The molecule has 5 rings (SSSR count). The number of amides is 1. The van der Waals surface area contributed by atoms with E-state index in [-0.39, 0.29) is 34.2 Å². The molecule has 1 aliphatic rings. The minimum Gasteiger partial charge on any atom is -0.442 e. The number of hydrogen-bond acceptors (Lipinski definition) is 5. The normalized spacial score (nSPS) is 14.4. The van der Waals surface area contributed by atoms with Gasteiger partial charge in [0.05, 0.1) is 11.6 Å². The van der Waals surface area contributed by atoms with Crippen molar-refractivity contribution in [2.45, 2.75) is 38.6 Å². The molecule has 0 radical (unpaired) electrons. The molecule has 0 spiro atoms. The number of furan rings is 1. The molecule has 1 atom stereocenters. The maximum absolute atomic E-state index is 13.4. The van der Waals surface area contributed by atoms with E-state index in [1.54, 1.807) is 25.3 Å². The van der Waals surface area contributed by atoms with E-state index in [0.29, 0.717) is 5.76 Å². The van der Waals surface area contributed by atoms with Crippen molar-refractivity contribution in [3.05, 3.63) is 85.3 Å². The van der Waals surface area contributed by atoms with Gasteiger partial charge in [-0.2, -0.15) is 0 Å². The average molecular weight is 434 g/mol. The second-order valence-corrected chi connectivity index (χ2v) is 9.01. The highest BCUT2D eigenvalue weighted by atomic mass is 32.1. The molecule has 1 aliphatic carbocycles. The molecule has 31 heavy (non-hydrogen) atoms. The lowest BCUT2D eigenvalue weighted by Crippen LogP contribution is -2.30. The third-order valence-electron chi connectivity index (χ3n) is 5.98. The zero-order valence-corrected chi connectivity index (χ0v) is 18.3. The molecule has 0 saturated carbocycles. The van der Waals surface area contributed by atoms with Crippen molar-refractivity contribution in [3.8, 4) is 0 Å². The molecule has 1 N–H and O–H groups in total. The zero-order valence-electron chi connectivity index (χ0n) is 17.5. The fourth-order valence-electron chi connectivity index (χ4n) is 4.37. The SMILES string of the molecule is Cc1oc2ncn(C)c(=O)c2c1C(=O)NC(c1ccc2c(c1)CCCC2)c1cccs1. The summed E-state index contributed by atoms with van der Waals surface area (Å²) in [6.45, 7) is 1.69. The predicted octanol–water partition coefficient (Wildman–Crippen LogP) is 4.29. The Labute approximate surface area is 183 Å². The number of nitrogens with one attached hydrogen (secondary N) is 1. The van der Waals surface area contributed by atoms with E-state index in [1.807, 2.05) is 17.5 Å². The van der Waals surface area contributed by atoms with Crippen molar-refractivity contribution >= 4 is 28.3 Å². The number of nitrogens with zero attached hydrogens (tertiary/aromatic N) is 2. The fraction of sp³-hybridized carbons (Fsp3) is 0.292. The third-order valence-corrected chi connectivity index (χ3v) is 6.92. The van der Waals surface area contributed by atoms with Gasteiger partial charge in [0, 0.05) is 11.9 Å². The Hall–Kier alpha value is -3.19. The minimum atomic E-state index is -0.336. The molecule has 0 fully saturated rings. The number of fused-ring (bicyclic) bond motifs is 2. The van der Waals surface area contributed by atoms with Gasteiger partial charge in [-0.05, 0) is 60.7 Å². The Morgan fingerprint density at radius 3 is 2.81 bits per heavy atom. The van der Waals surface area contributed by atoms with Crippen molar-refractivity contribution in [2.24, 2.45) is 7.05 Å². The first kappa shape index (κ1) is 19.8. The highest BCUT2D eigenvalue weighted by Gasteiger charge is 2.26. The van der Waals surface area contributed by atoms with Crippen molar-refractivity contribution in [1.29, 1.82) is 0 Å². The van der Waals surface area contributed by atoms with Gasteiger partial charge >= 0.3 is 0 Å². The summed E-state index contributed by atoms with van der Waals surface area (Å²) in [7, 11) is 1.61. The molecule has 1 aromatic carbocycles. The zero-order chi connectivity index (χ0) is 21.5. The molecule has 1 amide bonds. The monoisotopic (exact) mass is 433 g/mol. The first-order valence-electron chi connectivity index (χ1n) is 10.4. The van der Waals surface area contributed by atoms with E-state index in [9.17, 15) is 9.59 Å². The number of carbonyl (C=O) groups excluding carboxylic acids is 1. The molecule has 0 aliphatic heterocycles. The van der Waals surface area contributed by atoms with Gasteiger partial charge < -0.3 is 14.3 Å². The van der Waals surface area contributed by atoms with Crippen molar-refractivity contribution in [3.63, 3.8) is 0 Å². The summed E-state index contributed by atoms with van der Waals surface area (Å²) in [6, 6.07) is 10.2. The third kappa shape index (κ3) is 3.49. The van der Waals surface area contributed by atoms with Crippen LogP contribution in [-0.4, -0.2) is 15.5 Å². The van der Waals surface area contributed by atoms with Gasteiger partial charge in [0.25, 0.3) is 11.5 Å². The van der Waals surface area contributed by atoms with Gasteiger partial charge in [-0.1, -0.05) is 24.3 Å². The molecule has 158 valence electrons. The van der Waals surface area contributed by atoms with Gasteiger partial charge in [0.2, 0.25) is 5.71 Å². The molecule has 1 unspecified atom stereocenters. The number of thiophene rings is 1. The van der Waals surface area contributed by atoms with E-state index in [0.717, 1.165) is 23.3 Å². The number of aromatic nitrogens is 2. The molecular weight excluding hydrogens is 410 g/mol. The quantitative estimate of drug-likeness (QED) is 0.521. The van der Waals surface area contributed by atoms with Crippen LogP contribution in [0.3, 0.4) is 0 Å². The van der Waals surface area contributed by atoms with Crippen molar-refractivity contribution in [1.82, 2.24) is 14.9 Å². The van der Waals surface area contributed by atoms with E-state index < -0.39 is 0 Å². The highest BCUT2D eigenvalue weighted by Crippen LogP contribution is 2.31. The van der Waals surface area contributed by atoms with Crippen LogP contribution < -0.4 is 10.9 Å². The van der Waals surface area contributed by atoms with Crippen LogP contribution in [0, 0.1) is 6.92 Å². The number of hydrogen-bond donors (Lipinski definition) is 1. The van der Waals surface area contributed by atoms with Crippen LogP contribution in [-0.2, 0) is 19.9 Å². The Balaban J connectivity index is 1.57. The van der Waals surface area contributed by atoms with Gasteiger partial charge in [-0.15, -0.1) is 11.3 Å². The molecule has 3 aromatic heterocycles. The van der Waals surface area contributed by atoms with Crippen LogP contribution in [0.5, 0.6) is 0 Å². The van der Waals surface area contributed by atoms with Crippen LogP contribution in [0.2, 0.25) is 0 Å². The van der Waals surface area contributed by atoms with Gasteiger partial charge in [0.15, 0.2) is 0 Å². The predicted molar refractivity (Wildman–Crippen MR) is 121 cm³/mol. The molecular formula is C24H23N3O3S. The van der Waals surface area contributed by atoms with E-state index in [1.165, 1.54) is 34.9 Å². The molecule has 6 nitrogen and oxygen atoms in total. The molecule has 7 heteroatoms. The summed E-state index contributed by atoms with van der Waals surface area (Å²) >= 11 is 1.60. The molecule has 3 heterocycles. The first-order chi connectivity index (χ1) is 15.0. The van der Waals surface area contributed by atoms with E-state index in [4.69, 9.17) is 4.42 Å². The molecule has 0 bridgehead atoms. The summed E-state index contributed by atoms with van der Waals surface area (Å²) < 4.78 is 6.98. The van der Waals surface area contributed by atoms with E-state index >= 15 is 0 Å². The van der Waals surface area contributed by atoms with E-state index in [2.05, 4.69) is 28.5 Å². The number of benzene rings is 1. The van der Waals surface area contributed by atoms with Crippen LogP contribution in [0.25, 0.3) is 11.1 Å². The Bertz CT molecular complexity index is 1330. The lowest BCUT2D eigenvalue weighted by Gasteiger charge is -2.22. The van der Waals surface area contributed by atoms with Crippen molar-refractivity contribution in [2.75, 3.05) is 0 Å². The summed E-state index contributed by atoms with van der Waals surface area (Å²) in [5, 5.41) is 5.38. The van der Waals surface area contributed by atoms with Crippen LogP contribution in [0.15, 0.2) is 51.3 Å². The number of rotatable bonds is 4. The summed E-state index contributed by atoms with van der Waals surface area (Å²) in [4.78, 5) is 31.3. The van der Waals surface area contributed by atoms with Gasteiger partial charge in [0.1, 0.15) is 17.5 Å². The second-order valence-electron chi connectivity index (χ2n) is 8.03. The Morgan fingerprint density at radius 1 is 1.23 bits per heavy atom. The summed E-state index contributed by atoms with van der Waals surface area (Å²) in [5.41, 5.74) is 3.96. The lowest BCUT2D eigenvalue weighted by atomic mass is 9.89. The fourth-order valence-corrected chi connectivity index (χ4v) is 5.17. The maximum Gasteiger partial charge on any atom is 0.265 e. The Kier molecular flexibility index (Phi) is 4.98. The van der Waals surface area contributed by atoms with Crippen LogP contribution >= 0.6 is 11.3 Å². The van der Waals surface area contributed by atoms with Crippen LogP contribution in [0.4, 0.5) is 0 Å². The van der Waals surface area contributed by atoms with Crippen LogP contribution in [0.1, 0.15) is 56.6 Å². The molecule has 0 saturated heterocycles. The standard InChI is InChI=1S/C24H23N3O3S/c1-14-19(20-23(30-14)25-13-27(2)24(20)29)22(28)26-21(18-8-5-11-31-18)17-10-9-15-6-3-4-7-16(15)12-17/h5,8-13,21H,3-4,6-7H2,1-2H3,(H,26,28). The topological polar surface area (TPSA) is 77.1 Å². The van der Waals surface area contributed by atoms with Crippen molar-refractivity contribution < 1.29 is 9.21 Å². The smallest absolute Gasteiger partial charge is 0.265 e. The Morgan fingerprint density at radius 2 is 2.03 bits per heavy atom. The number of aryl methyl sites for hydroxylation is 4. The molecule has 4 aromatic rings. The van der Waals surface area contributed by atoms with Gasteiger partial charge in [-0.3, -0.25) is 9.59 Å². The number of carbonyl (C=O) groups is 1. The second kappa shape index (κ2) is 7.81. The average Bonchev–Trinajstić information content (AvgIpc) is 3.42. The maximum atomic E-state index is 13.4. The van der Waals surface area contributed by atoms with Gasteiger partial charge in [-0.25, -0.2) is 4.98 Å². The minimum absolute atomic E-state index is 0.187. The first-order valence-corrected chi connectivity index (χ1v) is 11.3. The summed E-state index contributed by atoms with van der Waals surface area (Å²) in [5.74, 6) is 0.0520. The largest absolute Gasteiger partial charge is 0.442 e. The summed E-state index contributed by atoms with van der Waals surface area (Å²) in [6.07, 6.45) is 6.01.